The molecule has 0 radical (unpaired) electrons. The maximum Gasteiger partial charge on any atom is 0.319 e. The summed E-state index contributed by atoms with van der Waals surface area (Å²) < 4.78 is 0.925. The molecule has 0 bridgehead atoms. The number of carbonyl (C=O) groups is 1. The first-order valence-electron chi connectivity index (χ1n) is 5.80. The summed E-state index contributed by atoms with van der Waals surface area (Å²) in [4.78, 5) is 25.9. The molecule has 0 spiro atoms. The molecule has 1 aromatic carbocycles. The molecule has 1 aromatic heterocycles. The zero-order valence-electron chi connectivity index (χ0n) is 10.5. The second kappa shape index (κ2) is 6.64. The Kier molecular flexibility index (Phi) is 4.87. The smallest absolute Gasteiger partial charge is 0.319 e. The second-order valence-electron chi connectivity index (χ2n) is 4.06. The first kappa shape index (κ1) is 15.4. The molecule has 0 aliphatic carbocycles. The number of carbonyl (C=O) groups excluding carboxylic acids is 1. The first-order chi connectivity index (χ1) is 9.99. The fourth-order valence-electron chi connectivity index (χ4n) is 1.67. The third kappa shape index (κ3) is 3.77. The van der Waals surface area contributed by atoms with Crippen LogP contribution in [0.3, 0.4) is 0 Å². The molecule has 8 heteroatoms. The minimum Gasteiger partial charge on any atom is -0.348 e. The molecule has 108 valence electrons. The number of hydrogen-bond donors (Lipinski definition) is 1. The summed E-state index contributed by atoms with van der Waals surface area (Å²) in [5.41, 5.74) is 0.263. The highest BCUT2D eigenvalue weighted by molar-refractivity contribution is 9.10. The quantitative estimate of drug-likeness (QED) is 0.508. The highest BCUT2D eigenvalue weighted by Crippen LogP contribution is 2.25. The van der Waals surface area contributed by atoms with E-state index in [1.54, 1.807) is 0 Å². The van der Waals surface area contributed by atoms with E-state index in [-0.39, 0.29) is 17.3 Å². The average molecular weight is 371 g/mol. The van der Waals surface area contributed by atoms with E-state index in [0.29, 0.717) is 0 Å². The molecule has 6 nitrogen and oxygen atoms in total. The molecule has 0 atom stereocenters. The normalized spacial score (nSPS) is 10.2. The van der Waals surface area contributed by atoms with Gasteiger partial charge in [-0.05, 0) is 23.8 Å². The summed E-state index contributed by atoms with van der Waals surface area (Å²) >= 11 is 8.98. The van der Waals surface area contributed by atoms with E-state index in [2.05, 4.69) is 26.2 Å². The highest BCUT2D eigenvalue weighted by Gasteiger charge is 2.24. The van der Waals surface area contributed by atoms with Gasteiger partial charge < -0.3 is 5.32 Å². The summed E-state index contributed by atoms with van der Waals surface area (Å²) in [6.07, 6.45) is 1.25. The minimum atomic E-state index is -0.718. The number of nitro groups is 1. The van der Waals surface area contributed by atoms with Gasteiger partial charge in [0.25, 0.3) is 5.91 Å². The van der Waals surface area contributed by atoms with E-state index < -0.39 is 16.5 Å². The van der Waals surface area contributed by atoms with Crippen molar-refractivity contribution in [2.24, 2.45) is 0 Å². The van der Waals surface area contributed by atoms with Crippen LogP contribution in [0.15, 0.2) is 41.0 Å². The van der Waals surface area contributed by atoms with Crippen molar-refractivity contribution in [2.45, 2.75) is 6.54 Å². The van der Waals surface area contributed by atoms with Crippen LogP contribution in [0.1, 0.15) is 15.9 Å². The molecule has 1 heterocycles. The number of aromatic nitrogens is 1. The van der Waals surface area contributed by atoms with Crippen molar-refractivity contribution in [3.8, 4) is 0 Å². The summed E-state index contributed by atoms with van der Waals surface area (Å²) in [5, 5.41) is 13.3. The van der Waals surface area contributed by atoms with E-state index in [0.717, 1.165) is 10.0 Å². The Bertz CT molecular complexity index is 692. The van der Waals surface area contributed by atoms with Gasteiger partial charge in [-0.25, -0.2) is 4.98 Å². The van der Waals surface area contributed by atoms with Crippen molar-refractivity contribution < 1.29 is 9.72 Å². The predicted molar refractivity (Wildman–Crippen MR) is 81.2 cm³/mol. The van der Waals surface area contributed by atoms with Gasteiger partial charge in [0.1, 0.15) is 5.56 Å². The number of halogens is 2. The molecule has 21 heavy (non-hydrogen) atoms. The molecule has 2 aromatic rings. The second-order valence-corrected chi connectivity index (χ2v) is 5.34. The van der Waals surface area contributed by atoms with Crippen LogP contribution in [0.25, 0.3) is 0 Å². The van der Waals surface area contributed by atoms with Crippen molar-refractivity contribution in [1.82, 2.24) is 10.3 Å². The Morgan fingerprint density at radius 1 is 1.33 bits per heavy atom. The van der Waals surface area contributed by atoms with Crippen LogP contribution in [0.2, 0.25) is 5.15 Å². The van der Waals surface area contributed by atoms with Crippen molar-refractivity contribution in [1.29, 1.82) is 0 Å². The lowest BCUT2D eigenvalue weighted by atomic mass is 10.2. The lowest BCUT2D eigenvalue weighted by molar-refractivity contribution is -0.385. The Morgan fingerprint density at radius 3 is 2.62 bits per heavy atom. The Hall–Kier alpha value is -1.99. The van der Waals surface area contributed by atoms with Crippen LogP contribution in [0.5, 0.6) is 0 Å². The molecule has 0 fully saturated rings. The van der Waals surface area contributed by atoms with Gasteiger partial charge in [-0.3, -0.25) is 14.9 Å². The lowest BCUT2D eigenvalue weighted by Gasteiger charge is -2.06. The molecule has 1 N–H and O–H groups in total. The summed E-state index contributed by atoms with van der Waals surface area (Å²) in [7, 11) is 0. The fraction of sp³-hybridized carbons (Fsp3) is 0.0769. The molecular formula is C13H9BrClN3O3. The molecule has 0 unspecified atom stereocenters. The average Bonchev–Trinajstić information content (AvgIpc) is 2.45. The zero-order valence-corrected chi connectivity index (χ0v) is 12.9. The highest BCUT2D eigenvalue weighted by atomic mass is 79.9. The van der Waals surface area contributed by atoms with Gasteiger partial charge in [-0.2, -0.15) is 0 Å². The minimum absolute atomic E-state index is 0.114. The zero-order chi connectivity index (χ0) is 15.4. The van der Waals surface area contributed by atoms with Crippen LogP contribution in [0, 0.1) is 10.1 Å². The number of nitrogens with one attached hydrogen (secondary N) is 1. The van der Waals surface area contributed by atoms with Crippen molar-refractivity contribution in [3.05, 3.63) is 67.4 Å². The monoisotopic (exact) mass is 369 g/mol. The number of hydrogen-bond acceptors (Lipinski definition) is 4. The van der Waals surface area contributed by atoms with Crippen LogP contribution in [-0.4, -0.2) is 15.8 Å². The van der Waals surface area contributed by atoms with E-state index in [1.165, 1.54) is 12.3 Å². The molecular weight excluding hydrogens is 362 g/mol. The van der Waals surface area contributed by atoms with Gasteiger partial charge in [0, 0.05) is 17.2 Å². The van der Waals surface area contributed by atoms with E-state index >= 15 is 0 Å². The number of rotatable bonds is 4. The number of benzene rings is 1. The largest absolute Gasteiger partial charge is 0.348 e. The Balaban J connectivity index is 2.16. The van der Waals surface area contributed by atoms with Gasteiger partial charge in [0.05, 0.1) is 4.92 Å². The molecule has 0 aliphatic rings. The molecule has 0 saturated carbocycles. The summed E-state index contributed by atoms with van der Waals surface area (Å²) in [6, 6.07) is 8.61. The van der Waals surface area contributed by atoms with Crippen LogP contribution in [-0.2, 0) is 6.54 Å². The van der Waals surface area contributed by atoms with Gasteiger partial charge in [0.2, 0.25) is 5.15 Å². The molecule has 0 aliphatic heterocycles. The SMILES string of the molecule is O=C(NCc1ccc(Br)cc1)c1ccnc(Cl)c1[N+](=O)[O-]. The third-order valence-corrected chi connectivity index (χ3v) is 3.48. The fourth-order valence-corrected chi connectivity index (χ4v) is 2.16. The summed E-state index contributed by atoms with van der Waals surface area (Å²) in [6.45, 7) is 0.253. The topological polar surface area (TPSA) is 85.1 Å². The Morgan fingerprint density at radius 2 is 2.00 bits per heavy atom. The van der Waals surface area contributed by atoms with Crippen molar-refractivity contribution in [2.75, 3.05) is 0 Å². The third-order valence-electron chi connectivity index (χ3n) is 2.67. The van der Waals surface area contributed by atoms with Gasteiger partial charge >= 0.3 is 5.69 Å². The standard InChI is InChI=1S/C13H9BrClN3O3/c14-9-3-1-8(2-4-9)7-17-13(19)10-5-6-16-12(15)11(10)18(20)21/h1-6H,7H2,(H,17,19). The van der Waals surface area contributed by atoms with E-state index in [4.69, 9.17) is 11.6 Å². The van der Waals surface area contributed by atoms with E-state index in [9.17, 15) is 14.9 Å². The maximum atomic E-state index is 12.1. The Labute approximate surface area is 133 Å². The maximum absolute atomic E-state index is 12.1. The predicted octanol–water partition coefficient (Wildman–Crippen LogP) is 3.34. The lowest BCUT2D eigenvalue weighted by Crippen LogP contribution is -2.23. The van der Waals surface area contributed by atoms with Gasteiger partial charge in [-0.15, -0.1) is 0 Å². The van der Waals surface area contributed by atoms with Crippen molar-refractivity contribution in [3.63, 3.8) is 0 Å². The van der Waals surface area contributed by atoms with Crippen LogP contribution >= 0.6 is 27.5 Å². The van der Waals surface area contributed by atoms with Gasteiger partial charge in [0.15, 0.2) is 0 Å². The molecule has 0 saturated heterocycles. The number of pyridine rings is 1. The molecule has 2 rings (SSSR count). The number of nitrogens with zero attached hydrogens (tertiary/aromatic N) is 2. The van der Waals surface area contributed by atoms with E-state index in [1.807, 2.05) is 24.3 Å². The van der Waals surface area contributed by atoms with Gasteiger partial charge in [-0.1, -0.05) is 39.7 Å². The molecule has 1 amide bonds. The summed E-state index contributed by atoms with van der Waals surface area (Å²) in [5.74, 6) is -0.575. The van der Waals surface area contributed by atoms with Crippen molar-refractivity contribution >= 4 is 39.1 Å². The number of amides is 1. The van der Waals surface area contributed by atoms with Crippen LogP contribution in [0.4, 0.5) is 5.69 Å². The first-order valence-corrected chi connectivity index (χ1v) is 6.97. The van der Waals surface area contributed by atoms with Crippen LogP contribution < -0.4 is 5.32 Å².